The highest BCUT2D eigenvalue weighted by Gasteiger charge is 2.11. The van der Waals surface area contributed by atoms with Gasteiger partial charge in [0.25, 0.3) is 0 Å². The Morgan fingerprint density at radius 2 is 2.12 bits per heavy atom. The molecule has 0 aliphatic heterocycles. The molecule has 0 saturated heterocycles. The zero-order valence-corrected chi connectivity index (χ0v) is 9.64. The number of rotatable bonds is 4. The molecular weight excluding hydrogens is 222 g/mol. The molecule has 0 amide bonds. The van der Waals surface area contributed by atoms with Crippen molar-refractivity contribution in [3.05, 3.63) is 18.2 Å². The first kappa shape index (κ1) is 11.3. The highest BCUT2D eigenvalue weighted by Crippen LogP contribution is 2.32. The van der Waals surface area contributed by atoms with Gasteiger partial charge in [0.05, 0.1) is 13.7 Å². The van der Waals surface area contributed by atoms with Gasteiger partial charge in [-0.05, 0) is 25.1 Å². The number of benzene rings is 1. The van der Waals surface area contributed by atoms with Crippen LogP contribution in [-0.2, 0) is 0 Å². The maximum Gasteiger partial charge on any atom is 0.313 e. The monoisotopic (exact) mass is 235 g/mol. The summed E-state index contributed by atoms with van der Waals surface area (Å²) in [6.07, 6.45) is 0. The summed E-state index contributed by atoms with van der Waals surface area (Å²) < 4.78 is 15.8. The second-order valence-corrected chi connectivity index (χ2v) is 3.24. The van der Waals surface area contributed by atoms with Crippen LogP contribution in [0, 0.1) is 0 Å². The number of hydrogen-bond donors (Lipinski definition) is 1. The molecule has 0 bridgehead atoms. The Hall–Kier alpha value is -2.24. The summed E-state index contributed by atoms with van der Waals surface area (Å²) in [4.78, 5) is 0. The van der Waals surface area contributed by atoms with Crippen LogP contribution in [0.4, 0.5) is 6.01 Å². The Kier molecular flexibility index (Phi) is 3.13. The average molecular weight is 235 g/mol. The van der Waals surface area contributed by atoms with Crippen molar-refractivity contribution in [2.24, 2.45) is 0 Å². The lowest BCUT2D eigenvalue weighted by atomic mass is 10.2. The topological polar surface area (TPSA) is 83.4 Å². The first-order valence-electron chi connectivity index (χ1n) is 5.14. The number of nitrogens with two attached hydrogens (primary N) is 1. The fraction of sp³-hybridized carbons (Fsp3) is 0.273. The molecule has 6 nitrogen and oxygen atoms in total. The van der Waals surface area contributed by atoms with Gasteiger partial charge in [-0.1, -0.05) is 5.10 Å². The maximum atomic E-state index is 5.45. The minimum absolute atomic E-state index is 0.0359. The van der Waals surface area contributed by atoms with Crippen LogP contribution in [0.15, 0.2) is 22.6 Å². The van der Waals surface area contributed by atoms with E-state index in [1.54, 1.807) is 25.3 Å². The third-order valence-electron chi connectivity index (χ3n) is 2.15. The highest BCUT2D eigenvalue weighted by atomic mass is 16.5. The van der Waals surface area contributed by atoms with Crippen LogP contribution >= 0.6 is 0 Å². The SMILES string of the molecule is CCOc1cc(-c2nnc(N)o2)ccc1OC. The van der Waals surface area contributed by atoms with E-state index in [1.807, 2.05) is 6.92 Å². The molecule has 0 fully saturated rings. The Balaban J connectivity index is 2.39. The number of aromatic nitrogens is 2. The van der Waals surface area contributed by atoms with E-state index in [2.05, 4.69) is 10.2 Å². The summed E-state index contributed by atoms with van der Waals surface area (Å²) in [5.41, 5.74) is 6.11. The molecule has 0 radical (unpaired) electrons. The van der Waals surface area contributed by atoms with Crippen LogP contribution in [0.1, 0.15) is 6.92 Å². The van der Waals surface area contributed by atoms with Gasteiger partial charge >= 0.3 is 6.01 Å². The van der Waals surface area contributed by atoms with Crippen molar-refractivity contribution >= 4 is 6.01 Å². The van der Waals surface area contributed by atoms with Gasteiger partial charge in [-0.15, -0.1) is 5.10 Å². The molecule has 0 spiro atoms. The molecule has 0 saturated carbocycles. The average Bonchev–Trinajstić information content (AvgIpc) is 2.76. The van der Waals surface area contributed by atoms with Crippen LogP contribution in [0.3, 0.4) is 0 Å². The maximum absolute atomic E-state index is 5.45. The minimum Gasteiger partial charge on any atom is -0.493 e. The van der Waals surface area contributed by atoms with Crippen LogP contribution in [0.5, 0.6) is 11.5 Å². The molecule has 0 aliphatic rings. The van der Waals surface area contributed by atoms with Crippen LogP contribution in [-0.4, -0.2) is 23.9 Å². The first-order chi connectivity index (χ1) is 8.24. The van der Waals surface area contributed by atoms with Gasteiger partial charge in [-0.3, -0.25) is 0 Å². The molecule has 0 aliphatic carbocycles. The van der Waals surface area contributed by atoms with Crippen molar-refractivity contribution in [3.63, 3.8) is 0 Å². The quantitative estimate of drug-likeness (QED) is 0.868. The van der Waals surface area contributed by atoms with Crippen LogP contribution in [0.25, 0.3) is 11.5 Å². The van der Waals surface area contributed by atoms with Crippen molar-refractivity contribution in [2.45, 2.75) is 6.92 Å². The van der Waals surface area contributed by atoms with Gasteiger partial charge in [-0.25, -0.2) is 0 Å². The van der Waals surface area contributed by atoms with E-state index in [0.29, 0.717) is 24.0 Å². The summed E-state index contributed by atoms with van der Waals surface area (Å²) in [5.74, 6) is 1.64. The first-order valence-corrected chi connectivity index (χ1v) is 5.14. The Labute approximate surface area is 98.4 Å². The molecule has 2 rings (SSSR count). The normalized spacial score (nSPS) is 10.2. The van der Waals surface area contributed by atoms with Crippen molar-refractivity contribution in [1.29, 1.82) is 0 Å². The number of nitrogens with zero attached hydrogens (tertiary/aromatic N) is 2. The largest absolute Gasteiger partial charge is 0.493 e. The predicted molar refractivity (Wildman–Crippen MR) is 61.9 cm³/mol. The lowest BCUT2D eigenvalue weighted by Crippen LogP contribution is -1.95. The van der Waals surface area contributed by atoms with E-state index < -0.39 is 0 Å². The second kappa shape index (κ2) is 4.73. The van der Waals surface area contributed by atoms with E-state index in [4.69, 9.17) is 19.6 Å². The van der Waals surface area contributed by atoms with Crippen LogP contribution < -0.4 is 15.2 Å². The molecule has 1 aromatic carbocycles. The minimum atomic E-state index is 0.0359. The van der Waals surface area contributed by atoms with E-state index in [0.717, 1.165) is 5.56 Å². The Bertz CT molecular complexity index is 510. The number of nitrogen functional groups attached to an aromatic ring is 1. The number of anilines is 1. The van der Waals surface area contributed by atoms with Crippen molar-refractivity contribution in [3.8, 4) is 23.0 Å². The third-order valence-corrected chi connectivity index (χ3v) is 2.15. The molecule has 0 atom stereocenters. The Morgan fingerprint density at radius 1 is 1.29 bits per heavy atom. The van der Waals surface area contributed by atoms with Gasteiger partial charge in [0, 0.05) is 5.56 Å². The standard InChI is InChI=1S/C11H13N3O3/c1-3-16-9-6-7(4-5-8(9)15-2)10-13-14-11(12)17-10/h4-6H,3H2,1-2H3,(H2,12,14). The van der Waals surface area contributed by atoms with Gasteiger partial charge in [0.15, 0.2) is 11.5 Å². The molecule has 17 heavy (non-hydrogen) atoms. The van der Waals surface area contributed by atoms with Gasteiger partial charge < -0.3 is 19.6 Å². The summed E-state index contributed by atoms with van der Waals surface area (Å²) in [6, 6.07) is 5.39. The summed E-state index contributed by atoms with van der Waals surface area (Å²) >= 11 is 0. The van der Waals surface area contributed by atoms with Crippen molar-refractivity contribution in [1.82, 2.24) is 10.2 Å². The Morgan fingerprint density at radius 3 is 2.71 bits per heavy atom. The van der Waals surface area contributed by atoms with Crippen LogP contribution in [0.2, 0.25) is 0 Å². The van der Waals surface area contributed by atoms with E-state index in [-0.39, 0.29) is 6.01 Å². The fourth-order valence-electron chi connectivity index (χ4n) is 1.43. The zero-order chi connectivity index (χ0) is 12.3. The number of ether oxygens (including phenoxy) is 2. The van der Waals surface area contributed by atoms with Gasteiger partial charge in [-0.2, -0.15) is 0 Å². The van der Waals surface area contributed by atoms with Gasteiger partial charge in [0.2, 0.25) is 5.89 Å². The summed E-state index contributed by atoms with van der Waals surface area (Å²) in [6.45, 7) is 2.45. The zero-order valence-electron chi connectivity index (χ0n) is 9.64. The van der Waals surface area contributed by atoms with Crippen molar-refractivity contribution < 1.29 is 13.9 Å². The summed E-state index contributed by atoms with van der Waals surface area (Å²) in [7, 11) is 1.59. The van der Waals surface area contributed by atoms with E-state index >= 15 is 0 Å². The molecule has 90 valence electrons. The molecule has 0 unspecified atom stereocenters. The lowest BCUT2D eigenvalue weighted by Gasteiger charge is -2.09. The lowest BCUT2D eigenvalue weighted by molar-refractivity contribution is 0.311. The molecule has 1 heterocycles. The summed E-state index contributed by atoms with van der Waals surface area (Å²) in [5, 5.41) is 7.40. The molecular formula is C11H13N3O3. The second-order valence-electron chi connectivity index (χ2n) is 3.24. The van der Waals surface area contributed by atoms with E-state index in [9.17, 15) is 0 Å². The smallest absolute Gasteiger partial charge is 0.313 e. The number of methoxy groups -OCH3 is 1. The molecule has 2 aromatic rings. The molecule has 6 heteroatoms. The fourth-order valence-corrected chi connectivity index (χ4v) is 1.43. The van der Waals surface area contributed by atoms with E-state index in [1.165, 1.54) is 0 Å². The molecule has 2 N–H and O–H groups in total. The third kappa shape index (κ3) is 2.30. The van der Waals surface area contributed by atoms with Gasteiger partial charge in [0.1, 0.15) is 0 Å². The predicted octanol–water partition coefficient (Wildman–Crippen LogP) is 1.73. The number of hydrogen-bond acceptors (Lipinski definition) is 6. The molecule has 1 aromatic heterocycles. The van der Waals surface area contributed by atoms with Crippen molar-refractivity contribution in [2.75, 3.05) is 19.5 Å². The highest BCUT2D eigenvalue weighted by molar-refractivity contribution is 5.60.